The quantitative estimate of drug-likeness (QED) is 0.591. The lowest BCUT2D eigenvalue weighted by Gasteiger charge is -2.06. The van der Waals surface area contributed by atoms with Crippen LogP contribution in [0.3, 0.4) is 0 Å². The number of nitrogens with one attached hydrogen (secondary N) is 1. The molecule has 0 amide bonds. The number of hydrogen-bond acceptors (Lipinski definition) is 3. The van der Waals surface area contributed by atoms with Crippen LogP contribution < -0.4 is 11.1 Å². The molecule has 4 N–H and O–H groups in total. The van der Waals surface area contributed by atoms with E-state index < -0.39 is 0 Å². The van der Waals surface area contributed by atoms with Gasteiger partial charge in [0.05, 0.1) is 6.61 Å². The van der Waals surface area contributed by atoms with Gasteiger partial charge >= 0.3 is 0 Å². The van der Waals surface area contributed by atoms with E-state index in [4.69, 9.17) is 10.8 Å². The van der Waals surface area contributed by atoms with Crippen LogP contribution in [-0.4, -0.2) is 18.2 Å². The largest absolute Gasteiger partial charge is 0.392 e. The first-order valence-electron chi connectivity index (χ1n) is 4.50. The highest BCUT2D eigenvalue weighted by atomic mass is 16.3. The van der Waals surface area contributed by atoms with Crippen molar-refractivity contribution in [3.05, 3.63) is 29.8 Å². The van der Waals surface area contributed by atoms with Crippen LogP contribution in [-0.2, 0) is 6.61 Å². The fourth-order valence-electron chi connectivity index (χ4n) is 1.11. The van der Waals surface area contributed by atoms with Gasteiger partial charge in [-0.3, -0.25) is 0 Å². The molecule has 0 atom stereocenters. The Bertz CT molecular complexity index is 250. The summed E-state index contributed by atoms with van der Waals surface area (Å²) in [6, 6.07) is 7.75. The molecular weight excluding hydrogens is 164 g/mol. The van der Waals surface area contributed by atoms with E-state index in [-0.39, 0.29) is 6.61 Å². The molecule has 72 valence electrons. The maximum atomic E-state index is 8.89. The van der Waals surface area contributed by atoms with Gasteiger partial charge in [0.1, 0.15) is 0 Å². The summed E-state index contributed by atoms with van der Waals surface area (Å²) < 4.78 is 0. The Morgan fingerprint density at radius 2 is 2.23 bits per heavy atom. The third kappa shape index (κ3) is 3.44. The molecule has 0 aliphatic heterocycles. The lowest BCUT2D eigenvalue weighted by atomic mass is 10.2. The van der Waals surface area contributed by atoms with E-state index in [1.54, 1.807) is 0 Å². The summed E-state index contributed by atoms with van der Waals surface area (Å²) in [6.07, 6.45) is 0.962. The maximum absolute atomic E-state index is 8.89. The number of nitrogens with two attached hydrogens (primary N) is 1. The summed E-state index contributed by atoms with van der Waals surface area (Å²) >= 11 is 0. The van der Waals surface area contributed by atoms with Gasteiger partial charge in [-0.15, -0.1) is 0 Å². The summed E-state index contributed by atoms with van der Waals surface area (Å²) in [4.78, 5) is 0. The predicted octanol–water partition coefficient (Wildman–Crippen LogP) is 0.940. The van der Waals surface area contributed by atoms with Crippen LogP contribution in [0, 0.1) is 0 Å². The van der Waals surface area contributed by atoms with Crippen molar-refractivity contribution in [1.82, 2.24) is 0 Å². The van der Waals surface area contributed by atoms with Crippen molar-refractivity contribution in [3.63, 3.8) is 0 Å². The Balaban J connectivity index is 2.46. The third-order valence-corrected chi connectivity index (χ3v) is 1.82. The highest BCUT2D eigenvalue weighted by Gasteiger charge is 1.93. The minimum Gasteiger partial charge on any atom is -0.392 e. The summed E-state index contributed by atoms with van der Waals surface area (Å²) in [5.41, 5.74) is 7.34. The van der Waals surface area contributed by atoms with Crippen LogP contribution in [0.5, 0.6) is 0 Å². The van der Waals surface area contributed by atoms with Gasteiger partial charge in [-0.05, 0) is 30.7 Å². The SMILES string of the molecule is NCCCNc1cccc(CO)c1. The molecule has 0 aromatic heterocycles. The highest BCUT2D eigenvalue weighted by Crippen LogP contribution is 2.09. The lowest BCUT2D eigenvalue weighted by Crippen LogP contribution is -2.08. The van der Waals surface area contributed by atoms with Crippen molar-refractivity contribution < 1.29 is 5.11 Å². The van der Waals surface area contributed by atoms with Crippen molar-refractivity contribution >= 4 is 5.69 Å². The second-order valence-electron chi connectivity index (χ2n) is 2.93. The minimum atomic E-state index is 0.0897. The zero-order chi connectivity index (χ0) is 9.52. The minimum absolute atomic E-state index is 0.0897. The van der Waals surface area contributed by atoms with Gasteiger partial charge in [-0.2, -0.15) is 0 Å². The fourth-order valence-corrected chi connectivity index (χ4v) is 1.11. The monoisotopic (exact) mass is 180 g/mol. The Morgan fingerprint density at radius 1 is 1.38 bits per heavy atom. The van der Waals surface area contributed by atoms with Gasteiger partial charge in [0.2, 0.25) is 0 Å². The Labute approximate surface area is 78.6 Å². The molecule has 0 aliphatic carbocycles. The summed E-state index contributed by atoms with van der Waals surface area (Å²) in [7, 11) is 0. The van der Waals surface area contributed by atoms with Crippen LogP contribution in [0.1, 0.15) is 12.0 Å². The van der Waals surface area contributed by atoms with E-state index in [9.17, 15) is 0 Å². The molecule has 0 saturated heterocycles. The first-order chi connectivity index (χ1) is 6.36. The molecule has 13 heavy (non-hydrogen) atoms. The van der Waals surface area contributed by atoms with E-state index >= 15 is 0 Å². The summed E-state index contributed by atoms with van der Waals surface area (Å²) in [6.45, 7) is 1.67. The Hall–Kier alpha value is -1.06. The molecule has 0 radical (unpaired) electrons. The highest BCUT2D eigenvalue weighted by molar-refractivity contribution is 5.45. The van der Waals surface area contributed by atoms with Crippen LogP contribution >= 0.6 is 0 Å². The molecule has 1 aromatic rings. The van der Waals surface area contributed by atoms with E-state index in [2.05, 4.69) is 5.32 Å². The molecule has 3 nitrogen and oxygen atoms in total. The van der Waals surface area contributed by atoms with Crippen molar-refractivity contribution in [2.75, 3.05) is 18.4 Å². The number of hydrogen-bond donors (Lipinski definition) is 3. The van der Waals surface area contributed by atoms with Crippen LogP contribution in [0.4, 0.5) is 5.69 Å². The van der Waals surface area contributed by atoms with Gasteiger partial charge in [0.15, 0.2) is 0 Å². The Morgan fingerprint density at radius 3 is 2.92 bits per heavy atom. The van der Waals surface area contributed by atoms with E-state index in [0.717, 1.165) is 24.2 Å². The fraction of sp³-hybridized carbons (Fsp3) is 0.400. The molecule has 0 fully saturated rings. The van der Waals surface area contributed by atoms with Gasteiger partial charge < -0.3 is 16.2 Å². The van der Waals surface area contributed by atoms with Gasteiger partial charge in [0.25, 0.3) is 0 Å². The molecule has 0 spiro atoms. The molecular formula is C10H16N2O. The maximum Gasteiger partial charge on any atom is 0.0682 e. The van der Waals surface area contributed by atoms with Crippen molar-refractivity contribution in [3.8, 4) is 0 Å². The topological polar surface area (TPSA) is 58.3 Å². The van der Waals surface area contributed by atoms with Crippen LogP contribution in [0.15, 0.2) is 24.3 Å². The van der Waals surface area contributed by atoms with Crippen molar-refractivity contribution in [1.29, 1.82) is 0 Å². The van der Waals surface area contributed by atoms with Crippen LogP contribution in [0.25, 0.3) is 0 Å². The first kappa shape index (κ1) is 10.0. The van der Waals surface area contributed by atoms with Crippen LogP contribution in [0.2, 0.25) is 0 Å². The lowest BCUT2D eigenvalue weighted by molar-refractivity contribution is 0.282. The zero-order valence-corrected chi connectivity index (χ0v) is 7.66. The smallest absolute Gasteiger partial charge is 0.0682 e. The second kappa shape index (κ2) is 5.56. The first-order valence-corrected chi connectivity index (χ1v) is 4.50. The normalized spacial score (nSPS) is 10.0. The molecule has 3 heteroatoms. The summed E-state index contributed by atoms with van der Waals surface area (Å²) in [5.74, 6) is 0. The number of anilines is 1. The molecule has 0 heterocycles. The average molecular weight is 180 g/mol. The molecule has 0 saturated carbocycles. The molecule has 1 aromatic carbocycles. The van der Waals surface area contributed by atoms with Crippen molar-refractivity contribution in [2.24, 2.45) is 5.73 Å². The zero-order valence-electron chi connectivity index (χ0n) is 7.66. The number of benzene rings is 1. The third-order valence-electron chi connectivity index (χ3n) is 1.82. The van der Waals surface area contributed by atoms with Gasteiger partial charge in [-0.25, -0.2) is 0 Å². The van der Waals surface area contributed by atoms with E-state index in [1.165, 1.54) is 0 Å². The van der Waals surface area contributed by atoms with E-state index in [1.807, 2.05) is 24.3 Å². The van der Waals surface area contributed by atoms with Crippen molar-refractivity contribution in [2.45, 2.75) is 13.0 Å². The molecule has 0 bridgehead atoms. The molecule has 1 rings (SSSR count). The standard InChI is InChI=1S/C10H16N2O/c11-5-2-6-12-10-4-1-3-9(7-10)8-13/h1,3-4,7,12-13H,2,5-6,8,11H2. The predicted molar refractivity (Wildman–Crippen MR) is 54.5 cm³/mol. The van der Waals surface area contributed by atoms with Gasteiger partial charge in [0, 0.05) is 12.2 Å². The molecule has 0 unspecified atom stereocenters. The van der Waals surface area contributed by atoms with Gasteiger partial charge in [-0.1, -0.05) is 12.1 Å². The summed E-state index contributed by atoms with van der Waals surface area (Å²) in [5, 5.41) is 12.1. The second-order valence-corrected chi connectivity index (χ2v) is 2.93. The Kier molecular flexibility index (Phi) is 4.29. The molecule has 0 aliphatic rings. The average Bonchev–Trinajstić information content (AvgIpc) is 2.19. The van der Waals surface area contributed by atoms with E-state index in [0.29, 0.717) is 6.54 Å². The number of rotatable bonds is 5. The number of aliphatic hydroxyl groups excluding tert-OH is 1. The number of aliphatic hydroxyl groups is 1.